The molecule has 4 heteroatoms. The third kappa shape index (κ3) is 3.63. The van der Waals surface area contributed by atoms with Gasteiger partial charge in [0.1, 0.15) is 16.8 Å². The maximum Gasteiger partial charge on any atom is 0.137 e. The van der Waals surface area contributed by atoms with Crippen LogP contribution in [0.5, 0.6) is 0 Å². The van der Waals surface area contributed by atoms with E-state index in [9.17, 15) is 0 Å². The van der Waals surface area contributed by atoms with E-state index in [1.807, 2.05) is 6.07 Å². The molecule has 0 spiro atoms. The van der Waals surface area contributed by atoms with Crippen LogP contribution in [-0.4, -0.2) is 16.0 Å². The van der Waals surface area contributed by atoms with Crippen LogP contribution in [0.1, 0.15) is 59.7 Å². The van der Waals surface area contributed by atoms with Gasteiger partial charge in [-0.1, -0.05) is 59.1 Å². The molecule has 112 valence electrons. The van der Waals surface area contributed by atoms with Gasteiger partial charge in [-0.25, -0.2) is 9.97 Å². The fourth-order valence-corrected chi connectivity index (χ4v) is 2.99. The van der Waals surface area contributed by atoms with Crippen molar-refractivity contribution in [3.63, 3.8) is 0 Å². The SMILES string of the molecule is CC1CCCC(Nc2cc(Cl)nc(C(C)(C)C)n2)C1C. The number of halogens is 1. The van der Waals surface area contributed by atoms with Crippen molar-refractivity contribution in [1.82, 2.24) is 9.97 Å². The van der Waals surface area contributed by atoms with E-state index in [1.165, 1.54) is 19.3 Å². The predicted molar refractivity (Wildman–Crippen MR) is 85.3 cm³/mol. The van der Waals surface area contributed by atoms with E-state index < -0.39 is 0 Å². The van der Waals surface area contributed by atoms with Crippen LogP contribution in [0.2, 0.25) is 5.15 Å². The second-order valence-electron chi connectivity index (χ2n) is 7.17. The predicted octanol–water partition coefficient (Wildman–Crippen LogP) is 4.66. The van der Waals surface area contributed by atoms with Crippen molar-refractivity contribution in [3.8, 4) is 0 Å². The molecule has 1 aromatic rings. The summed E-state index contributed by atoms with van der Waals surface area (Å²) in [7, 11) is 0. The first kappa shape index (κ1) is 15.6. The maximum absolute atomic E-state index is 6.15. The molecule has 0 aliphatic heterocycles. The largest absolute Gasteiger partial charge is 0.367 e. The molecule has 2 rings (SSSR count). The van der Waals surface area contributed by atoms with E-state index in [0.717, 1.165) is 17.6 Å². The molecule has 1 N–H and O–H groups in total. The zero-order valence-electron chi connectivity index (χ0n) is 13.2. The highest BCUT2D eigenvalue weighted by Crippen LogP contribution is 2.32. The van der Waals surface area contributed by atoms with Crippen molar-refractivity contribution in [2.24, 2.45) is 11.8 Å². The van der Waals surface area contributed by atoms with E-state index >= 15 is 0 Å². The summed E-state index contributed by atoms with van der Waals surface area (Å²) < 4.78 is 0. The summed E-state index contributed by atoms with van der Waals surface area (Å²) in [6.45, 7) is 11.0. The van der Waals surface area contributed by atoms with Gasteiger partial charge < -0.3 is 5.32 Å². The Labute approximate surface area is 127 Å². The summed E-state index contributed by atoms with van der Waals surface area (Å²) in [4.78, 5) is 9.00. The lowest BCUT2D eigenvalue weighted by Gasteiger charge is -2.35. The normalized spacial score (nSPS) is 27.4. The first-order valence-electron chi connectivity index (χ1n) is 7.59. The molecule has 1 aliphatic rings. The van der Waals surface area contributed by atoms with Crippen LogP contribution in [-0.2, 0) is 5.41 Å². The topological polar surface area (TPSA) is 37.8 Å². The summed E-state index contributed by atoms with van der Waals surface area (Å²) in [5.74, 6) is 3.08. The van der Waals surface area contributed by atoms with Crippen LogP contribution in [0.4, 0.5) is 5.82 Å². The number of hydrogen-bond acceptors (Lipinski definition) is 3. The van der Waals surface area contributed by atoms with Crippen LogP contribution in [0.25, 0.3) is 0 Å². The Kier molecular flexibility index (Phi) is 4.58. The van der Waals surface area contributed by atoms with Crippen molar-refractivity contribution in [2.45, 2.75) is 65.3 Å². The van der Waals surface area contributed by atoms with Gasteiger partial charge >= 0.3 is 0 Å². The quantitative estimate of drug-likeness (QED) is 0.806. The van der Waals surface area contributed by atoms with Gasteiger partial charge in [-0.2, -0.15) is 0 Å². The van der Waals surface area contributed by atoms with Crippen molar-refractivity contribution < 1.29 is 0 Å². The molecule has 1 heterocycles. The molecule has 0 aromatic carbocycles. The van der Waals surface area contributed by atoms with Gasteiger partial charge in [0, 0.05) is 17.5 Å². The van der Waals surface area contributed by atoms with Crippen LogP contribution in [0.15, 0.2) is 6.07 Å². The number of nitrogens with one attached hydrogen (secondary N) is 1. The standard InChI is InChI=1S/C16H26ClN3/c1-10-7-6-8-12(11(10)2)18-14-9-13(17)19-15(20-14)16(3,4)5/h9-12H,6-8H2,1-5H3,(H,18,19,20). The third-order valence-corrected chi connectivity index (χ3v) is 4.60. The van der Waals surface area contributed by atoms with Gasteiger partial charge in [0.05, 0.1) is 0 Å². The number of hydrogen-bond donors (Lipinski definition) is 1. The highest BCUT2D eigenvalue weighted by Gasteiger charge is 2.27. The Morgan fingerprint density at radius 3 is 2.55 bits per heavy atom. The molecule has 0 saturated heterocycles. The van der Waals surface area contributed by atoms with E-state index in [0.29, 0.717) is 17.1 Å². The molecule has 0 radical (unpaired) electrons. The molecule has 20 heavy (non-hydrogen) atoms. The van der Waals surface area contributed by atoms with E-state index in [-0.39, 0.29) is 5.41 Å². The molecule has 3 nitrogen and oxygen atoms in total. The number of anilines is 1. The summed E-state index contributed by atoms with van der Waals surface area (Å²) in [6, 6.07) is 2.32. The van der Waals surface area contributed by atoms with Crippen molar-refractivity contribution >= 4 is 17.4 Å². The average molecular weight is 296 g/mol. The fourth-order valence-electron chi connectivity index (χ4n) is 2.80. The number of aromatic nitrogens is 2. The molecular weight excluding hydrogens is 270 g/mol. The van der Waals surface area contributed by atoms with Gasteiger partial charge in [-0.05, 0) is 18.3 Å². The van der Waals surface area contributed by atoms with Crippen LogP contribution in [0, 0.1) is 11.8 Å². The zero-order valence-corrected chi connectivity index (χ0v) is 14.0. The monoisotopic (exact) mass is 295 g/mol. The lowest BCUT2D eigenvalue weighted by molar-refractivity contribution is 0.253. The van der Waals surface area contributed by atoms with Gasteiger partial charge in [-0.3, -0.25) is 0 Å². The van der Waals surface area contributed by atoms with Crippen molar-refractivity contribution in [3.05, 3.63) is 17.0 Å². The summed E-state index contributed by atoms with van der Waals surface area (Å²) in [5, 5.41) is 4.10. The van der Waals surface area contributed by atoms with Crippen molar-refractivity contribution in [2.75, 3.05) is 5.32 Å². The molecule has 1 aromatic heterocycles. The average Bonchev–Trinajstić information content (AvgIpc) is 2.33. The molecule has 1 aliphatic carbocycles. The van der Waals surface area contributed by atoms with Gasteiger partial charge in [0.25, 0.3) is 0 Å². The Morgan fingerprint density at radius 1 is 1.20 bits per heavy atom. The third-order valence-electron chi connectivity index (χ3n) is 4.41. The van der Waals surface area contributed by atoms with Crippen LogP contribution < -0.4 is 5.32 Å². The number of nitrogens with zero attached hydrogens (tertiary/aromatic N) is 2. The van der Waals surface area contributed by atoms with Crippen LogP contribution >= 0.6 is 11.6 Å². The minimum Gasteiger partial charge on any atom is -0.367 e. The molecule has 0 bridgehead atoms. The van der Waals surface area contributed by atoms with E-state index in [1.54, 1.807) is 0 Å². The molecule has 1 fully saturated rings. The highest BCUT2D eigenvalue weighted by molar-refractivity contribution is 6.29. The fraction of sp³-hybridized carbons (Fsp3) is 0.750. The Morgan fingerprint density at radius 2 is 1.90 bits per heavy atom. The summed E-state index contributed by atoms with van der Waals surface area (Å²) >= 11 is 6.15. The van der Waals surface area contributed by atoms with Crippen molar-refractivity contribution in [1.29, 1.82) is 0 Å². The Hall–Kier alpha value is -0.830. The van der Waals surface area contributed by atoms with Crippen LogP contribution in [0.3, 0.4) is 0 Å². The second-order valence-corrected chi connectivity index (χ2v) is 7.55. The smallest absolute Gasteiger partial charge is 0.137 e. The summed E-state index contributed by atoms with van der Waals surface area (Å²) in [6.07, 6.45) is 3.82. The lowest BCUT2D eigenvalue weighted by atomic mass is 9.78. The van der Waals surface area contributed by atoms with Gasteiger partial charge in [0.2, 0.25) is 0 Å². The number of rotatable bonds is 2. The lowest BCUT2D eigenvalue weighted by Crippen LogP contribution is -2.35. The van der Waals surface area contributed by atoms with Gasteiger partial charge in [-0.15, -0.1) is 0 Å². The van der Waals surface area contributed by atoms with E-state index in [4.69, 9.17) is 11.6 Å². The molecule has 3 unspecified atom stereocenters. The second kappa shape index (κ2) is 5.88. The summed E-state index contributed by atoms with van der Waals surface area (Å²) in [5.41, 5.74) is -0.0905. The van der Waals surface area contributed by atoms with Gasteiger partial charge in [0.15, 0.2) is 0 Å². The highest BCUT2D eigenvalue weighted by atomic mass is 35.5. The molecule has 0 amide bonds. The molecule has 3 atom stereocenters. The maximum atomic E-state index is 6.15. The molecular formula is C16H26ClN3. The Bertz CT molecular complexity index is 467. The minimum atomic E-state index is -0.0905. The zero-order chi connectivity index (χ0) is 14.9. The minimum absolute atomic E-state index is 0.0905. The molecule has 1 saturated carbocycles. The first-order chi connectivity index (χ1) is 9.27. The van der Waals surface area contributed by atoms with E-state index in [2.05, 4.69) is 49.9 Å². The first-order valence-corrected chi connectivity index (χ1v) is 7.97. The Balaban J connectivity index is 2.19.